The fraction of sp³-hybridized carbons (Fsp3) is 0.308. The number of halogens is 1. The fourth-order valence-corrected chi connectivity index (χ4v) is 4.01. The van der Waals surface area contributed by atoms with Crippen LogP contribution in [0.25, 0.3) is 0 Å². The van der Waals surface area contributed by atoms with E-state index < -0.39 is 0 Å². The Labute approximate surface area is 210 Å². The Morgan fingerprint density at radius 2 is 1.71 bits per heavy atom. The summed E-state index contributed by atoms with van der Waals surface area (Å²) in [7, 11) is 3.33. The number of methoxy groups -OCH3 is 2. The minimum atomic E-state index is -0.253. The predicted molar refractivity (Wildman–Crippen MR) is 137 cm³/mol. The molecule has 0 aliphatic carbocycles. The molecule has 2 aromatic carbocycles. The third-order valence-electron chi connectivity index (χ3n) is 5.80. The molecule has 1 fully saturated rings. The second-order valence-corrected chi connectivity index (χ2v) is 8.57. The molecule has 1 N–H and O–H groups in total. The van der Waals surface area contributed by atoms with Gasteiger partial charge in [0.2, 0.25) is 0 Å². The average Bonchev–Trinajstić information content (AvgIpc) is 2.89. The van der Waals surface area contributed by atoms with Crippen LogP contribution in [0.4, 0.5) is 11.5 Å². The molecule has 1 aromatic heterocycles. The number of rotatable bonds is 9. The number of hydrogen-bond donors (Lipinski definition) is 1. The van der Waals surface area contributed by atoms with Gasteiger partial charge in [-0.25, -0.2) is 4.98 Å². The van der Waals surface area contributed by atoms with E-state index in [9.17, 15) is 4.79 Å². The molecule has 35 heavy (non-hydrogen) atoms. The van der Waals surface area contributed by atoms with Crippen molar-refractivity contribution in [2.75, 3.05) is 57.2 Å². The molecule has 4 rings (SSSR count). The molecule has 0 bridgehead atoms. The minimum Gasteiger partial charge on any atom is -0.497 e. The highest BCUT2D eigenvalue weighted by molar-refractivity contribution is 6.30. The first-order valence-corrected chi connectivity index (χ1v) is 11.7. The number of carbonyl (C=O) groups excluding carboxylic acids is 1. The van der Waals surface area contributed by atoms with Gasteiger partial charge >= 0.3 is 0 Å². The Morgan fingerprint density at radius 3 is 2.37 bits per heavy atom. The van der Waals surface area contributed by atoms with E-state index in [1.54, 1.807) is 44.7 Å². The van der Waals surface area contributed by atoms with Crippen LogP contribution in [0.2, 0.25) is 5.02 Å². The largest absolute Gasteiger partial charge is 0.497 e. The molecule has 1 amide bonds. The highest BCUT2D eigenvalue weighted by Gasteiger charge is 2.19. The Kier molecular flexibility index (Phi) is 8.28. The molecule has 9 heteroatoms. The molecule has 0 spiro atoms. The Bertz CT molecular complexity index is 1120. The van der Waals surface area contributed by atoms with Gasteiger partial charge in [0, 0.05) is 49.4 Å². The molecule has 2 heterocycles. The molecule has 0 saturated carbocycles. The van der Waals surface area contributed by atoms with E-state index in [1.807, 2.05) is 24.3 Å². The smallest absolute Gasteiger partial charge is 0.262 e. The van der Waals surface area contributed by atoms with E-state index in [0.717, 1.165) is 55.6 Å². The molecule has 1 saturated heterocycles. The van der Waals surface area contributed by atoms with Crippen LogP contribution in [0.5, 0.6) is 17.2 Å². The summed E-state index contributed by atoms with van der Waals surface area (Å²) < 4.78 is 16.3. The second kappa shape index (κ2) is 11.8. The molecule has 184 valence electrons. The molecule has 0 radical (unpaired) electrons. The van der Waals surface area contributed by atoms with Crippen LogP contribution in [0.3, 0.4) is 0 Å². The number of nitrogens with zero attached hydrogens (tertiary/aromatic N) is 3. The summed E-state index contributed by atoms with van der Waals surface area (Å²) in [6.07, 6.45) is 1.67. The van der Waals surface area contributed by atoms with Crippen molar-refractivity contribution in [3.8, 4) is 17.2 Å². The average molecular weight is 497 g/mol. The zero-order valence-electron chi connectivity index (χ0n) is 19.9. The van der Waals surface area contributed by atoms with Crippen LogP contribution in [-0.4, -0.2) is 62.8 Å². The van der Waals surface area contributed by atoms with Crippen molar-refractivity contribution in [2.24, 2.45) is 0 Å². The maximum atomic E-state index is 12.2. The van der Waals surface area contributed by atoms with Crippen molar-refractivity contribution < 1.29 is 19.0 Å². The first-order valence-electron chi connectivity index (χ1n) is 11.4. The number of piperazine rings is 1. The van der Waals surface area contributed by atoms with E-state index in [0.29, 0.717) is 16.5 Å². The van der Waals surface area contributed by atoms with Gasteiger partial charge in [-0.1, -0.05) is 17.7 Å². The zero-order valence-corrected chi connectivity index (χ0v) is 20.6. The summed E-state index contributed by atoms with van der Waals surface area (Å²) in [6, 6.07) is 16.6. The van der Waals surface area contributed by atoms with Gasteiger partial charge in [0.05, 0.1) is 26.1 Å². The van der Waals surface area contributed by atoms with Gasteiger partial charge in [0.1, 0.15) is 23.1 Å². The second-order valence-electron chi connectivity index (χ2n) is 8.14. The number of nitrogens with one attached hydrogen (secondary N) is 1. The lowest BCUT2D eigenvalue weighted by Crippen LogP contribution is -2.46. The van der Waals surface area contributed by atoms with Crippen LogP contribution >= 0.6 is 11.6 Å². The summed E-state index contributed by atoms with van der Waals surface area (Å²) >= 11 is 5.85. The van der Waals surface area contributed by atoms with Gasteiger partial charge in [-0.2, -0.15) is 0 Å². The molecular formula is C26H29ClN4O4. The topological polar surface area (TPSA) is 76.2 Å². The number of hydrogen-bond acceptors (Lipinski definition) is 7. The first-order chi connectivity index (χ1) is 17.0. The lowest BCUT2D eigenvalue weighted by molar-refractivity contribution is -0.118. The van der Waals surface area contributed by atoms with Crippen LogP contribution in [0, 0.1) is 0 Å². The lowest BCUT2D eigenvalue weighted by atomic mass is 10.1. The molecule has 3 aromatic rings. The third-order valence-corrected chi connectivity index (χ3v) is 6.05. The minimum absolute atomic E-state index is 0.0929. The monoisotopic (exact) mass is 496 g/mol. The van der Waals surface area contributed by atoms with Gasteiger partial charge in [-0.15, -0.1) is 0 Å². The zero-order chi connectivity index (χ0) is 24.6. The number of amides is 1. The van der Waals surface area contributed by atoms with Gasteiger partial charge < -0.3 is 24.4 Å². The number of pyridine rings is 1. The quantitative estimate of drug-likeness (QED) is 0.478. The van der Waals surface area contributed by atoms with Crippen molar-refractivity contribution in [3.63, 3.8) is 0 Å². The van der Waals surface area contributed by atoms with Crippen LogP contribution < -0.4 is 24.4 Å². The Balaban J connectivity index is 1.24. The molecule has 8 nitrogen and oxygen atoms in total. The fourth-order valence-electron chi connectivity index (χ4n) is 3.88. The first kappa shape index (κ1) is 24.6. The van der Waals surface area contributed by atoms with E-state index >= 15 is 0 Å². The summed E-state index contributed by atoms with van der Waals surface area (Å²) in [5.41, 5.74) is 1.77. The van der Waals surface area contributed by atoms with Crippen molar-refractivity contribution >= 4 is 29.0 Å². The normalized spacial score (nSPS) is 13.9. The number of ether oxygens (including phenoxy) is 3. The molecule has 0 atom stereocenters. The number of benzene rings is 2. The molecule has 0 unspecified atom stereocenters. The highest BCUT2D eigenvalue weighted by atomic mass is 35.5. The number of aromatic nitrogens is 1. The van der Waals surface area contributed by atoms with Crippen molar-refractivity contribution in [3.05, 3.63) is 71.4 Å². The van der Waals surface area contributed by atoms with E-state index in [4.69, 9.17) is 25.8 Å². The molecule has 1 aliphatic rings. The number of anilines is 2. The Hall–Kier alpha value is -3.49. The van der Waals surface area contributed by atoms with E-state index in [-0.39, 0.29) is 12.5 Å². The van der Waals surface area contributed by atoms with Gasteiger partial charge in [0.15, 0.2) is 6.61 Å². The van der Waals surface area contributed by atoms with Crippen molar-refractivity contribution in [1.82, 2.24) is 9.88 Å². The van der Waals surface area contributed by atoms with Crippen LogP contribution in [0.15, 0.2) is 60.8 Å². The summed E-state index contributed by atoms with van der Waals surface area (Å²) in [5.74, 6) is 2.85. The van der Waals surface area contributed by atoms with Gasteiger partial charge in [-0.05, 0) is 42.5 Å². The summed E-state index contributed by atoms with van der Waals surface area (Å²) in [6.45, 7) is 4.29. The summed E-state index contributed by atoms with van der Waals surface area (Å²) in [4.78, 5) is 21.4. The summed E-state index contributed by atoms with van der Waals surface area (Å²) in [5, 5.41) is 3.42. The van der Waals surface area contributed by atoms with Gasteiger partial charge in [-0.3, -0.25) is 9.69 Å². The van der Waals surface area contributed by atoms with Crippen LogP contribution in [-0.2, 0) is 11.3 Å². The van der Waals surface area contributed by atoms with Crippen molar-refractivity contribution in [1.29, 1.82) is 0 Å². The maximum Gasteiger partial charge on any atom is 0.262 e. The highest BCUT2D eigenvalue weighted by Crippen LogP contribution is 2.26. The Morgan fingerprint density at radius 1 is 0.971 bits per heavy atom. The van der Waals surface area contributed by atoms with Gasteiger partial charge in [0.25, 0.3) is 5.91 Å². The number of carbonyl (C=O) groups is 1. The van der Waals surface area contributed by atoms with Crippen molar-refractivity contribution in [2.45, 2.75) is 6.54 Å². The standard InChI is InChI=1S/C26H29ClN4O4/c1-33-23-7-3-19(24(15-23)34-2)17-30-11-13-31(14-12-30)25-10-6-21(16-28-25)29-26(32)18-35-22-8-4-20(27)5-9-22/h3-10,15-16H,11-14,17-18H2,1-2H3,(H,29,32). The third kappa shape index (κ3) is 6.77. The van der Waals surface area contributed by atoms with Crippen LogP contribution in [0.1, 0.15) is 5.56 Å². The lowest BCUT2D eigenvalue weighted by Gasteiger charge is -2.35. The molecular weight excluding hydrogens is 468 g/mol. The SMILES string of the molecule is COc1ccc(CN2CCN(c3ccc(NC(=O)COc4ccc(Cl)cc4)cn3)CC2)c(OC)c1. The predicted octanol–water partition coefficient (Wildman–Crippen LogP) is 4.09. The van der Waals surface area contributed by atoms with E-state index in [1.165, 1.54) is 0 Å². The van der Waals surface area contributed by atoms with E-state index in [2.05, 4.69) is 26.2 Å². The maximum absolute atomic E-state index is 12.2. The molecule has 1 aliphatic heterocycles.